The van der Waals surface area contributed by atoms with Crippen LogP contribution in [0.15, 0.2) is 18.2 Å². The van der Waals surface area contributed by atoms with E-state index >= 15 is 0 Å². The number of hydrogen-bond acceptors (Lipinski definition) is 2. The van der Waals surface area contributed by atoms with Gasteiger partial charge in [-0.1, -0.05) is 12.1 Å². The molecule has 131 valence electrons. The second-order valence-corrected chi connectivity index (χ2v) is 4.95. The highest BCUT2D eigenvalue weighted by Gasteiger charge is 2.44. The number of ether oxygens (including phenoxy) is 1. The van der Waals surface area contributed by atoms with Crippen LogP contribution in [0.2, 0.25) is 0 Å². The summed E-state index contributed by atoms with van der Waals surface area (Å²) in [4.78, 5) is 13.2. The summed E-state index contributed by atoms with van der Waals surface area (Å²) >= 11 is 0. The molecule has 1 aliphatic rings. The van der Waals surface area contributed by atoms with Gasteiger partial charge in [0.1, 0.15) is 0 Å². The van der Waals surface area contributed by atoms with Crippen molar-refractivity contribution >= 4 is 12.0 Å². The first-order chi connectivity index (χ1) is 11.1. The van der Waals surface area contributed by atoms with Crippen LogP contribution < -0.4 is 0 Å². The number of hydrogen-bond donors (Lipinski definition) is 0. The minimum atomic E-state index is -5.23. The number of nitrogens with zero attached hydrogens (tertiary/aromatic N) is 1. The van der Waals surface area contributed by atoms with Gasteiger partial charge in [0.2, 0.25) is 5.91 Å². The summed E-state index contributed by atoms with van der Waals surface area (Å²) in [6.45, 7) is 1.13. The molecule has 9 heteroatoms. The fourth-order valence-electron chi connectivity index (χ4n) is 2.23. The molecule has 0 N–H and O–H groups in total. The van der Waals surface area contributed by atoms with E-state index in [0.29, 0.717) is 13.2 Å². The number of alkyl halides is 6. The van der Waals surface area contributed by atoms with E-state index in [-0.39, 0.29) is 13.1 Å². The molecule has 1 heterocycles. The third kappa shape index (κ3) is 4.28. The van der Waals surface area contributed by atoms with Crippen LogP contribution in [0.1, 0.15) is 16.7 Å². The Morgan fingerprint density at radius 3 is 2.29 bits per heavy atom. The molecule has 0 bridgehead atoms. The fraction of sp³-hybridized carbons (Fsp3) is 0.400. The van der Waals surface area contributed by atoms with E-state index in [2.05, 4.69) is 0 Å². The van der Waals surface area contributed by atoms with Crippen molar-refractivity contribution in [2.45, 2.75) is 12.4 Å². The molecule has 1 aromatic rings. The molecule has 1 radical (unpaired) electrons. The molecule has 1 fully saturated rings. The smallest absolute Gasteiger partial charge is 0.378 e. The van der Waals surface area contributed by atoms with E-state index in [9.17, 15) is 31.1 Å². The summed E-state index contributed by atoms with van der Waals surface area (Å²) in [5.41, 5.74) is -4.50. The highest BCUT2D eigenvalue weighted by molar-refractivity contribution is 5.92. The Bertz CT molecular complexity index is 630. The van der Waals surface area contributed by atoms with Crippen LogP contribution in [0.3, 0.4) is 0 Å². The molecule has 1 saturated heterocycles. The summed E-state index contributed by atoms with van der Waals surface area (Å²) in [6.07, 6.45) is -8.87. The number of halogens is 6. The lowest BCUT2D eigenvalue weighted by Gasteiger charge is -2.25. The number of carbonyl (C=O) groups is 1. The summed E-state index contributed by atoms with van der Waals surface area (Å²) in [5.74, 6) is -0.590. The van der Waals surface area contributed by atoms with Crippen LogP contribution in [0.25, 0.3) is 6.08 Å². The first-order valence-electron chi connectivity index (χ1n) is 6.84. The molecule has 0 aromatic heterocycles. The van der Waals surface area contributed by atoms with E-state index < -0.39 is 35.0 Å². The largest absolute Gasteiger partial charge is 0.417 e. The molecule has 0 saturated carbocycles. The van der Waals surface area contributed by atoms with E-state index in [1.54, 1.807) is 6.07 Å². The standard InChI is InChI=1S/C15H12F6NO2/c16-14(17,18)11-3-1-2-10(13(11)15(19,20)21)4-5-12(23)22-6-8-24-9-7-22/h1-2,4-5H,6-9H2/b5-4+. The second kappa shape index (κ2) is 6.84. The van der Waals surface area contributed by atoms with Gasteiger partial charge in [0.25, 0.3) is 0 Å². The zero-order chi connectivity index (χ0) is 18.0. The molecular formula is C15H12F6NO2. The van der Waals surface area contributed by atoms with Gasteiger partial charge >= 0.3 is 12.4 Å². The fourth-order valence-corrected chi connectivity index (χ4v) is 2.23. The quantitative estimate of drug-likeness (QED) is 0.603. The van der Waals surface area contributed by atoms with Gasteiger partial charge in [-0.05, 0) is 17.7 Å². The van der Waals surface area contributed by atoms with Gasteiger partial charge in [0, 0.05) is 19.2 Å². The number of amides is 1. The van der Waals surface area contributed by atoms with Crippen molar-refractivity contribution in [3.8, 4) is 0 Å². The van der Waals surface area contributed by atoms with Crippen molar-refractivity contribution in [2.75, 3.05) is 26.3 Å². The average Bonchev–Trinajstić information content (AvgIpc) is 2.51. The predicted octanol–water partition coefficient (Wildman–Crippen LogP) is 3.40. The number of carbonyl (C=O) groups excluding carboxylic acids is 1. The lowest BCUT2D eigenvalue weighted by molar-refractivity contribution is -0.162. The van der Waals surface area contributed by atoms with Crippen molar-refractivity contribution in [2.24, 2.45) is 0 Å². The summed E-state index contributed by atoms with van der Waals surface area (Å²) in [5, 5.41) is 0. The topological polar surface area (TPSA) is 29.5 Å². The van der Waals surface area contributed by atoms with Gasteiger partial charge in [-0.2, -0.15) is 26.3 Å². The van der Waals surface area contributed by atoms with Crippen molar-refractivity contribution in [1.29, 1.82) is 0 Å². The number of benzene rings is 1. The first kappa shape index (κ1) is 18.3. The highest BCUT2D eigenvalue weighted by Crippen LogP contribution is 2.42. The van der Waals surface area contributed by atoms with Gasteiger partial charge in [-0.3, -0.25) is 4.79 Å². The van der Waals surface area contributed by atoms with Crippen molar-refractivity contribution in [1.82, 2.24) is 4.90 Å². The summed E-state index contributed by atoms with van der Waals surface area (Å²) in [7, 11) is 0. The Hall–Kier alpha value is -2.03. The van der Waals surface area contributed by atoms with E-state index in [1.807, 2.05) is 0 Å². The molecular weight excluding hydrogens is 340 g/mol. The number of morpholine rings is 1. The van der Waals surface area contributed by atoms with Gasteiger partial charge < -0.3 is 9.64 Å². The minimum absolute atomic E-state index is 0.270. The van der Waals surface area contributed by atoms with E-state index in [4.69, 9.17) is 4.74 Å². The molecule has 0 aliphatic carbocycles. The minimum Gasteiger partial charge on any atom is -0.378 e. The summed E-state index contributed by atoms with van der Waals surface area (Å²) in [6, 6.07) is 3.17. The maximum absolute atomic E-state index is 13.1. The molecule has 0 spiro atoms. The molecule has 2 rings (SSSR count). The normalized spacial score (nSPS) is 16.7. The zero-order valence-electron chi connectivity index (χ0n) is 12.2. The van der Waals surface area contributed by atoms with Gasteiger partial charge in [-0.25, -0.2) is 0 Å². The van der Waals surface area contributed by atoms with Crippen LogP contribution in [0.5, 0.6) is 0 Å². The average molecular weight is 352 g/mol. The number of rotatable bonds is 2. The lowest BCUT2D eigenvalue weighted by Crippen LogP contribution is -2.39. The monoisotopic (exact) mass is 352 g/mol. The van der Waals surface area contributed by atoms with Crippen LogP contribution in [-0.2, 0) is 21.9 Å². The Morgan fingerprint density at radius 1 is 1.12 bits per heavy atom. The molecule has 24 heavy (non-hydrogen) atoms. The molecule has 0 unspecified atom stereocenters. The van der Waals surface area contributed by atoms with Crippen LogP contribution >= 0.6 is 0 Å². The van der Waals surface area contributed by atoms with Crippen molar-refractivity contribution < 1.29 is 35.9 Å². The van der Waals surface area contributed by atoms with Crippen LogP contribution in [0.4, 0.5) is 26.3 Å². The Morgan fingerprint density at radius 2 is 1.75 bits per heavy atom. The molecule has 0 atom stereocenters. The Labute approximate surface area is 133 Å². The molecule has 1 amide bonds. The first-order valence-corrected chi connectivity index (χ1v) is 6.84. The van der Waals surface area contributed by atoms with Crippen LogP contribution in [0, 0.1) is 6.07 Å². The van der Waals surface area contributed by atoms with Crippen molar-refractivity contribution in [3.63, 3.8) is 0 Å². The predicted molar refractivity (Wildman–Crippen MR) is 71.7 cm³/mol. The SMILES string of the molecule is O=C(/C=C/c1cc[c]c(C(F)(F)F)c1C(F)(F)F)N1CCOCC1. The molecule has 1 aromatic carbocycles. The van der Waals surface area contributed by atoms with Crippen LogP contribution in [-0.4, -0.2) is 37.1 Å². The molecule has 3 nitrogen and oxygen atoms in total. The Balaban J connectivity index is 2.36. The third-order valence-electron chi connectivity index (χ3n) is 3.32. The van der Waals surface area contributed by atoms with Gasteiger partial charge in [0.05, 0.1) is 24.3 Å². The second-order valence-electron chi connectivity index (χ2n) is 4.95. The maximum atomic E-state index is 13.1. The highest BCUT2D eigenvalue weighted by atomic mass is 19.4. The third-order valence-corrected chi connectivity index (χ3v) is 3.32. The van der Waals surface area contributed by atoms with E-state index in [0.717, 1.165) is 24.3 Å². The van der Waals surface area contributed by atoms with Crippen molar-refractivity contribution in [3.05, 3.63) is 41.0 Å². The Kier molecular flexibility index (Phi) is 5.22. The van der Waals surface area contributed by atoms with Gasteiger partial charge in [0.15, 0.2) is 0 Å². The van der Waals surface area contributed by atoms with E-state index in [1.165, 1.54) is 4.90 Å². The lowest BCUT2D eigenvalue weighted by atomic mass is 9.99. The maximum Gasteiger partial charge on any atom is 0.417 e. The zero-order valence-corrected chi connectivity index (χ0v) is 12.2. The summed E-state index contributed by atoms with van der Waals surface area (Å²) < 4.78 is 82.6. The van der Waals surface area contributed by atoms with Gasteiger partial charge in [-0.15, -0.1) is 0 Å². The molecule has 1 aliphatic heterocycles.